The van der Waals surface area contributed by atoms with Gasteiger partial charge in [-0.15, -0.1) is 0 Å². The summed E-state index contributed by atoms with van der Waals surface area (Å²) in [7, 11) is 0. The molecule has 1 aliphatic heterocycles. The molecule has 0 amide bonds. The van der Waals surface area contributed by atoms with Crippen LogP contribution in [0.25, 0.3) is 0 Å². The predicted octanol–water partition coefficient (Wildman–Crippen LogP) is 3.49. The van der Waals surface area contributed by atoms with Crippen LogP contribution in [0.15, 0.2) is 0 Å². The number of likely N-dealkylation sites (tertiary alicyclic amines) is 1. The maximum atomic E-state index is 14.2. The Balaban J connectivity index is 2.87. The number of hydrogen-bond donors (Lipinski definition) is 0. The molecule has 1 aliphatic rings. The molecule has 0 spiro atoms. The first-order chi connectivity index (χ1) is 6.74. The van der Waals surface area contributed by atoms with E-state index >= 15 is 0 Å². The molecule has 0 aromatic heterocycles. The van der Waals surface area contributed by atoms with Crippen LogP contribution >= 0.6 is 0 Å². The molecular weight excluding hydrogens is 189 g/mol. The van der Waals surface area contributed by atoms with Crippen LogP contribution in [0.3, 0.4) is 0 Å². The van der Waals surface area contributed by atoms with E-state index < -0.39 is 6.17 Å². The summed E-state index contributed by atoms with van der Waals surface area (Å²) in [4.78, 5) is 2.29. The van der Waals surface area contributed by atoms with Crippen LogP contribution in [0.1, 0.15) is 48.0 Å². The molecule has 0 radical (unpaired) electrons. The Bertz CT molecular complexity index is 219. The quantitative estimate of drug-likeness (QED) is 0.681. The first-order valence-corrected chi connectivity index (χ1v) is 6.13. The molecule has 15 heavy (non-hydrogen) atoms. The average Bonchev–Trinajstić information content (AvgIpc) is 2.43. The van der Waals surface area contributed by atoms with Gasteiger partial charge in [0.1, 0.15) is 6.17 Å². The third-order valence-corrected chi connectivity index (χ3v) is 4.25. The van der Waals surface area contributed by atoms with Gasteiger partial charge in [0.05, 0.1) is 0 Å². The highest BCUT2D eigenvalue weighted by Crippen LogP contribution is 2.44. The Kier molecular flexibility index (Phi) is 3.49. The number of rotatable bonds is 2. The van der Waals surface area contributed by atoms with E-state index in [1.807, 2.05) is 0 Å². The Morgan fingerprint density at radius 1 is 1.40 bits per heavy atom. The smallest absolute Gasteiger partial charge is 0.120 e. The summed E-state index contributed by atoms with van der Waals surface area (Å²) in [5.41, 5.74) is -0.0244. The largest absolute Gasteiger partial charge is 0.295 e. The van der Waals surface area contributed by atoms with Crippen LogP contribution in [0.5, 0.6) is 0 Å². The van der Waals surface area contributed by atoms with Crippen molar-refractivity contribution >= 4 is 0 Å². The second-order valence-electron chi connectivity index (χ2n) is 6.26. The monoisotopic (exact) mass is 215 g/mol. The summed E-state index contributed by atoms with van der Waals surface area (Å²) in [6, 6.07) is 0. The molecule has 2 heteroatoms. The summed E-state index contributed by atoms with van der Waals surface area (Å²) < 4.78 is 14.2. The van der Waals surface area contributed by atoms with Crippen LogP contribution < -0.4 is 0 Å². The van der Waals surface area contributed by atoms with Gasteiger partial charge in [0.15, 0.2) is 0 Å². The molecule has 0 bridgehead atoms. The van der Waals surface area contributed by atoms with Crippen molar-refractivity contribution in [2.24, 2.45) is 11.3 Å². The normalized spacial score (nSPS) is 34.0. The van der Waals surface area contributed by atoms with Crippen molar-refractivity contribution in [3.05, 3.63) is 0 Å². The Morgan fingerprint density at radius 3 is 2.13 bits per heavy atom. The van der Waals surface area contributed by atoms with E-state index in [2.05, 4.69) is 46.4 Å². The van der Waals surface area contributed by atoms with Gasteiger partial charge in [0.25, 0.3) is 0 Å². The second kappa shape index (κ2) is 4.04. The molecule has 1 fully saturated rings. The van der Waals surface area contributed by atoms with Gasteiger partial charge in [-0.05, 0) is 33.1 Å². The molecule has 0 aliphatic carbocycles. The molecule has 90 valence electrons. The summed E-state index contributed by atoms with van der Waals surface area (Å²) in [6.07, 6.45) is 0.278. The van der Waals surface area contributed by atoms with E-state index in [9.17, 15) is 4.39 Å². The van der Waals surface area contributed by atoms with Crippen LogP contribution in [-0.4, -0.2) is 29.7 Å². The van der Waals surface area contributed by atoms with Gasteiger partial charge < -0.3 is 0 Å². The molecular formula is C13H26FN. The minimum Gasteiger partial charge on any atom is -0.295 e. The summed E-state index contributed by atoms with van der Waals surface area (Å²) in [6.45, 7) is 14.5. The molecule has 0 aromatic carbocycles. The minimum atomic E-state index is -0.665. The van der Waals surface area contributed by atoms with Gasteiger partial charge >= 0.3 is 0 Å². The second-order valence-corrected chi connectivity index (χ2v) is 6.26. The van der Waals surface area contributed by atoms with Crippen molar-refractivity contribution in [2.75, 3.05) is 13.1 Å². The van der Waals surface area contributed by atoms with E-state index in [0.29, 0.717) is 12.5 Å². The Labute approximate surface area is 94.0 Å². The highest BCUT2D eigenvalue weighted by atomic mass is 19.1. The highest BCUT2D eigenvalue weighted by molar-refractivity contribution is 5.01. The highest BCUT2D eigenvalue weighted by Gasteiger charge is 2.49. The molecule has 0 N–H and O–H groups in total. The summed E-state index contributed by atoms with van der Waals surface area (Å²) >= 11 is 0. The number of alkyl halides is 1. The third-order valence-electron chi connectivity index (χ3n) is 4.25. The Hall–Kier alpha value is -0.110. The van der Waals surface area contributed by atoms with Crippen LogP contribution in [0.4, 0.5) is 4.39 Å². The Morgan fingerprint density at radius 2 is 1.93 bits per heavy atom. The van der Waals surface area contributed by atoms with Crippen molar-refractivity contribution in [3.8, 4) is 0 Å². The minimum absolute atomic E-state index is 0.0934. The zero-order valence-electron chi connectivity index (χ0n) is 11.1. The fourth-order valence-electron chi connectivity index (χ4n) is 2.69. The van der Waals surface area contributed by atoms with Crippen LogP contribution in [0.2, 0.25) is 0 Å². The molecule has 1 rings (SSSR count). The van der Waals surface area contributed by atoms with Gasteiger partial charge in [-0.2, -0.15) is 0 Å². The van der Waals surface area contributed by atoms with Crippen molar-refractivity contribution in [1.29, 1.82) is 0 Å². The lowest BCUT2D eigenvalue weighted by Gasteiger charge is -2.37. The number of nitrogens with zero attached hydrogens (tertiary/aromatic N) is 1. The number of halogens is 1. The lowest BCUT2D eigenvalue weighted by Crippen LogP contribution is -2.42. The fraction of sp³-hybridized carbons (Fsp3) is 1.00. The van der Waals surface area contributed by atoms with Crippen LogP contribution in [0, 0.1) is 11.3 Å². The number of hydrogen-bond acceptors (Lipinski definition) is 1. The molecule has 1 saturated heterocycles. The van der Waals surface area contributed by atoms with Gasteiger partial charge in [-0.1, -0.05) is 20.8 Å². The lowest BCUT2D eigenvalue weighted by molar-refractivity contribution is 0.0877. The molecule has 1 nitrogen and oxygen atoms in total. The first-order valence-electron chi connectivity index (χ1n) is 6.13. The SMILES string of the molecule is CCC1(C(C)C)CN(C(C)(C)C)CC1F. The third kappa shape index (κ3) is 2.20. The molecule has 0 saturated carbocycles. The summed E-state index contributed by atoms with van der Waals surface area (Å²) in [5, 5.41) is 0. The topological polar surface area (TPSA) is 3.24 Å². The van der Waals surface area contributed by atoms with Crippen molar-refractivity contribution in [1.82, 2.24) is 4.90 Å². The zero-order valence-corrected chi connectivity index (χ0v) is 11.1. The maximum Gasteiger partial charge on any atom is 0.120 e. The zero-order chi connectivity index (χ0) is 11.9. The molecule has 1 heterocycles. The van der Waals surface area contributed by atoms with Crippen LogP contribution in [-0.2, 0) is 0 Å². The maximum absolute atomic E-state index is 14.2. The fourth-order valence-corrected chi connectivity index (χ4v) is 2.69. The van der Waals surface area contributed by atoms with Crippen molar-refractivity contribution < 1.29 is 4.39 Å². The molecule has 2 unspecified atom stereocenters. The lowest BCUT2D eigenvalue weighted by atomic mass is 9.73. The van der Waals surface area contributed by atoms with Gasteiger partial charge in [0.2, 0.25) is 0 Å². The van der Waals surface area contributed by atoms with Crippen molar-refractivity contribution in [3.63, 3.8) is 0 Å². The first kappa shape index (κ1) is 13.0. The van der Waals surface area contributed by atoms with Gasteiger partial charge in [0, 0.05) is 24.0 Å². The van der Waals surface area contributed by atoms with E-state index in [-0.39, 0.29) is 11.0 Å². The van der Waals surface area contributed by atoms with Gasteiger partial charge in [-0.3, -0.25) is 4.90 Å². The summed E-state index contributed by atoms with van der Waals surface area (Å²) in [5.74, 6) is 0.421. The molecule has 2 atom stereocenters. The van der Waals surface area contributed by atoms with Gasteiger partial charge in [-0.25, -0.2) is 4.39 Å². The predicted molar refractivity (Wildman–Crippen MR) is 63.8 cm³/mol. The van der Waals surface area contributed by atoms with E-state index in [0.717, 1.165) is 13.0 Å². The average molecular weight is 215 g/mol. The standard InChI is InChI=1S/C13H26FN/c1-7-13(10(2)3)9-15(8-11(13)14)12(4,5)6/h10-11H,7-9H2,1-6H3. The van der Waals surface area contributed by atoms with Crippen molar-refractivity contribution in [2.45, 2.75) is 59.7 Å². The van der Waals surface area contributed by atoms with E-state index in [1.165, 1.54) is 0 Å². The van der Waals surface area contributed by atoms with E-state index in [4.69, 9.17) is 0 Å². The molecule has 0 aromatic rings. The van der Waals surface area contributed by atoms with E-state index in [1.54, 1.807) is 0 Å².